The van der Waals surface area contributed by atoms with E-state index in [1.807, 2.05) is 11.8 Å². The minimum absolute atomic E-state index is 0.269. The first-order valence-corrected chi connectivity index (χ1v) is 7.79. The number of nitrogens with one attached hydrogen (secondary N) is 1. The molecule has 0 saturated heterocycles. The van der Waals surface area contributed by atoms with Gasteiger partial charge in [0.1, 0.15) is 5.82 Å². The summed E-state index contributed by atoms with van der Waals surface area (Å²) < 4.78 is 0.320. The van der Waals surface area contributed by atoms with Gasteiger partial charge in [-0.05, 0) is 38.2 Å². The van der Waals surface area contributed by atoms with Gasteiger partial charge in [-0.3, -0.25) is 0 Å². The highest BCUT2D eigenvalue weighted by Crippen LogP contribution is 2.40. The van der Waals surface area contributed by atoms with Crippen molar-refractivity contribution < 1.29 is 9.90 Å². The molecule has 0 bridgehead atoms. The van der Waals surface area contributed by atoms with E-state index in [0.29, 0.717) is 10.4 Å². The summed E-state index contributed by atoms with van der Waals surface area (Å²) in [5, 5.41) is 12.3. The number of nitrogens with zero attached hydrogens (tertiary/aromatic N) is 1. The van der Waals surface area contributed by atoms with E-state index >= 15 is 0 Å². The summed E-state index contributed by atoms with van der Waals surface area (Å²) in [6, 6.07) is 3.37. The predicted octanol–water partition coefficient (Wildman–Crippen LogP) is 3.18. The van der Waals surface area contributed by atoms with Gasteiger partial charge in [0, 0.05) is 11.3 Å². The van der Waals surface area contributed by atoms with Crippen LogP contribution in [0.3, 0.4) is 0 Å². The minimum atomic E-state index is -0.923. The fraction of sp³-hybridized carbons (Fsp3) is 0.571. The Bertz CT molecular complexity index is 471. The van der Waals surface area contributed by atoms with Crippen LogP contribution >= 0.6 is 11.8 Å². The van der Waals surface area contributed by atoms with Gasteiger partial charge in [0.05, 0.1) is 11.3 Å². The highest BCUT2D eigenvalue weighted by molar-refractivity contribution is 8.00. The standard InChI is InChI=1S/C14H20N2O2S/c1-10-11(13(17)18)5-6-12(16-10)15-9-14(19-2)7-3-4-8-14/h5-6H,3-4,7-9H2,1-2H3,(H,15,16)(H,17,18). The molecule has 0 radical (unpaired) electrons. The van der Waals surface area contributed by atoms with Crippen LogP contribution in [0.1, 0.15) is 41.7 Å². The summed E-state index contributed by atoms with van der Waals surface area (Å²) >= 11 is 1.93. The molecular weight excluding hydrogens is 260 g/mol. The first-order chi connectivity index (χ1) is 9.06. The Morgan fingerprint density at radius 1 is 1.47 bits per heavy atom. The van der Waals surface area contributed by atoms with Gasteiger partial charge in [-0.1, -0.05) is 12.8 Å². The molecule has 0 amide bonds. The normalized spacial score (nSPS) is 17.4. The summed E-state index contributed by atoms with van der Waals surface area (Å²) in [6.45, 7) is 2.63. The van der Waals surface area contributed by atoms with Gasteiger partial charge >= 0.3 is 5.97 Å². The summed E-state index contributed by atoms with van der Waals surface area (Å²) in [5.74, 6) is -0.157. The molecule has 1 fully saturated rings. The van der Waals surface area contributed by atoms with Crippen molar-refractivity contribution in [2.75, 3.05) is 18.1 Å². The van der Waals surface area contributed by atoms with Crippen LogP contribution in [0.25, 0.3) is 0 Å². The van der Waals surface area contributed by atoms with Gasteiger partial charge in [0.15, 0.2) is 0 Å². The van der Waals surface area contributed by atoms with E-state index < -0.39 is 5.97 Å². The van der Waals surface area contributed by atoms with E-state index in [4.69, 9.17) is 5.11 Å². The minimum Gasteiger partial charge on any atom is -0.478 e. The molecule has 1 aromatic heterocycles. The van der Waals surface area contributed by atoms with Crippen molar-refractivity contribution in [3.63, 3.8) is 0 Å². The van der Waals surface area contributed by atoms with E-state index in [0.717, 1.165) is 12.4 Å². The second kappa shape index (κ2) is 5.82. The topological polar surface area (TPSA) is 62.2 Å². The molecule has 2 rings (SSSR count). The van der Waals surface area contributed by atoms with Crippen LogP contribution in [0, 0.1) is 6.92 Å². The van der Waals surface area contributed by atoms with E-state index in [1.165, 1.54) is 25.7 Å². The molecule has 0 unspecified atom stereocenters. The third-order valence-electron chi connectivity index (χ3n) is 3.86. The Balaban J connectivity index is 2.03. The van der Waals surface area contributed by atoms with Crippen LogP contribution in [0.5, 0.6) is 0 Å². The number of aromatic carboxylic acids is 1. The van der Waals surface area contributed by atoms with Crippen molar-refractivity contribution in [1.82, 2.24) is 4.98 Å². The number of pyridine rings is 1. The lowest BCUT2D eigenvalue weighted by atomic mass is 10.1. The number of aromatic nitrogens is 1. The number of hydrogen-bond donors (Lipinski definition) is 2. The van der Waals surface area contributed by atoms with Crippen LogP contribution in [0.4, 0.5) is 5.82 Å². The molecule has 0 spiro atoms. The molecule has 0 aromatic carbocycles. The van der Waals surface area contributed by atoms with E-state index in [-0.39, 0.29) is 5.56 Å². The van der Waals surface area contributed by atoms with Gasteiger partial charge < -0.3 is 10.4 Å². The van der Waals surface area contributed by atoms with Gasteiger partial charge in [-0.15, -0.1) is 0 Å². The third-order valence-corrected chi connectivity index (χ3v) is 5.27. The van der Waals surface area contributed by atoms with E-state index in [1.54, 1.807) is 19.1 Å². The lowest BCUT2D eigenvalue weighted by molar-refractivity contribution is 0.0695. The van der Waals surface area contributed by atoms with Crippen LogP contribution in [-0.2, 0) is 0 Å². The average Bonchev–Trinajstić information content (AvgIpc) is 2.85. The lowest BCUT2D eigenvalue weighted by Gasteiger charge is -2.27. The molecule has 1 aliphatic carbocycles. The van der Waals surface area contributed by atoms with Crippen molar-refractivity contribution in [2.24, 2.45) is 0 Å². The summed E-state index contributed by atoms with van der Waals surface area (Å²) in [4.78, 5) is 15.3. The summed E-state index contributed by atoms with van der Waals surface area (Å²) in [5.41, 5.74) is 0.827. The maximum atomic E-state index is 10.9. The van der Waals surface area contributed by atoms with Gasteiger partial charge in [0.25, 0.3) is 0 Å². The van der Waals surface area contributed by atoms with E-state index in [2.05, 4.69) is 16.6 Å². The Morgan fingerprint density at radius 3 is 2.68 bits per heavy atom. The first-order valence-electron chi connectivity index (χ1n) is 6.56. The van der Waals surface area contributed by atoms with Crippen molar-refractivity contribution >= 4 is 23.5 Å². The van der Waals surface area contributed by atoms with Crippen LogP contribution in [-0.4, -0.2) is 33.6 Å². The summed E-state index contributed by atoms with van der Waals surface area (Å²) in [6.07, 6.45) is 7.25. The molecule has 1 heterocycles. The molecule has 0 aliphatic heterocycles. The molecule has 5 heteroatoms. The van der Waals surface area contributed by atoms with Gasteiger partial charge in [0.2, 0.25) is 0 Å². The first kappa shape index (κ1) is 14.2. The highest BCUT2D eigenvalue weighted by atomic mass is 32.2. The molecule has 1 aliphatic rings. The van der Waals surface area contributed by atoms with Crippen LogP contribution in [0.2, 0.25) is 0 Å². The fourth-order valence-electron chi connectivity index (χ4n) is 2.61. The number of anilines is 1. The van der Waals surface area contributed by atoms with Crippen LogP contribution in [0.15, 0.2) is 12.1 Å². The summed E-state index contributed by atoms with van der Waals surface area (Å²) in [7, 11) is 0. The Labute approximate surface area is 118 Å². The molecule has 1 aromatic rings. The number of aryl methyl sites for hydroxylation is 1. The maximum Gasteiger partial charge on any atom is 0.337 e. The molecule has 1 saturated carbocycles. The van der Waals surface area contributed by atoms with Crippen molar-refractivity contribution in [3.05, 3.63) is 23.4 Å². The monoisotopic (exact) mass is 280 g/mol. The Hall–Kier alpha value is -1.23. The smallest absolute Gasteiger partial charge is 0.337 e. The van der Waals surface area contributed by atoms with Gasteiger partial charge in [-0.25, -0.2) is 9.78 Å². The fourth-order valence-corrected chi connectivity index (χ4v) is 3.52. The highest BCUT2D eigenvalue weighted by Gasteiger charge is 2.32. The maximum absolute atomic E-state index is 10.9. The molecule has 0 atom stereocenters. The molecular formula is C14H20N2O2S. The van der Waals surface area contributed by atoms with Crippen molar-refractivity contribution in [1.29, 1.82) is 0 Å². The molecule has 2 N–H and O–H groups in total. The second-order valence-electron chi connectivity index (χ2n) is 5.08. The number of carboxylic acids is 1. The lowest BCUT2D eigenvalue weighted by Crippen LogP contribution is -2.30. The number of carbonyl (C=O) groups is 1. The number of rotatable bonds is 5. The Morgan fingerprint density at radius 2 is 2.16 bits per heavy atom. The van der Waals surface area contributed by atoms with Crippen LogP contribution < -0.4 is 5.32 Å². The molecule has 19 heavy (non-hydrogen) atoms. The third kappa shape index (κ3) is 3.21. The second-order valence-corrected chi connectivity index (χ2v) is 6.36. The largest absolute Gasteiger partial charge is 0.478 e. The van der Waals surface area contributed by atoms with E-state index in [9.17, 15) is 4.79 Å². The SMILES string of the molecule is CSC1(CNc2ccc(C(=O)O)c(C)n2)CCCC1. The molecule has 4 nitrogen and oxygen atoms in total. The zero-order valence-electron chi connectivity index (χ0n) is 11.4. The van der Waals surface area contributed by atoms with Crippen molar-refractivity contribution in [3.8, 4) is 0 Å². The quantitative estimate of drug-likeness (QED) is 0.867. The average molecular weight is 280 g/mol. The molecule has 104 valence electrons. The predicted molar refractivity (Wildman–Crippen MR) is 79.1 cm³/mol. The zero-order chi connectivity index (χ0) is 13.9. The Kier molecular flexibility index (Phi) is 4.34. The number of hydrogen-bond acceptors (Lipinski definition) is 4. The number of thioether (sulfide) groups is 1. The van der Waals surface area contributed by atoms with Crippen molar-refractivity contribution in [2.45, 2.75) is 37.4 Å². The van der Waals surface area contributed by atoms with Gasteiger partial charge in [-0.2, -0.15) is 11.8 Å². The number of carboxylic acid groups (broad SMARTS) is 1. The zero-order valence-corrected chi connectivity index (χ0v) is 12.2.